The van der Waals surface area contributed by atoms with E-state index in [1.165, 1.54) is 6.07 Å². The molecule has 34 heavy (non-hydrogen) atoms. The highest BCUT2D eigenvalue weighted by Crippen LogP contribution is 2.35. The molecule has 1 atom stereocenters. The Hall–Kier alpha value is -4.05. The van der Waals surface area contributed by atoms with Crippen molar-refractivity contribution in [2.24, 2.45) is 7.05 Å². The van der Waals surface area contributed by atoms with Gasteiger partial charge >= 0.3 is 0 Å². The first kappa shape index (κ1) is 21.8. The first-order valence-electron chi connectivity index (χ1n) is 10.8. The van der Waals surface area contributed by atoms with Crippen molar-refractivity contribution in [3.05, 3.63) is 72.6 Å². The highest BCUT2D eigenvalue weighted by atomic mass is 19.1. The number of fused-ring (bicyclic) bond motifs is 2. The number of hydrogen-bond donors (Lipinski definition) is 0. The number of hydrogen-bond acceptors (Lipinski definition) is 7. The molecule has 1 aliphatic rings. The van der Waals surface area contributed by atoms with E-state index in [1.54, 1.807) is 28.6 Å². The summed E-state index contributed by atoms with van der Waals surface area (Å²) in [6, 6.07) is 3.07. The zero-order valence-electron chi connectivity index (χ0n) is 19.1. The van der Waals surface area contributed by atoms with Gasteiger partial charge in [-0.3, -0.25) is 14.1 Å². The molecule has 0 bridgehead atoms. The van der Waals surface area contributed by atoms with Gasteiger partial charge < -0.3 is 14.4 Å². The van der Waals surface area contributed by atoms with Gasteiger partial charge in [-0.25, -0.2) is 4.39 Å². The number of aryl methyl sites for hydroxylation is 1. The monoisotopic (exact) mass is 461 g/mol. The lowest BCUT2D eigenvalue weighted by molar-refractivity contribution is 0.146. The van der Waals surface area contributed by atoms with Crippen LogP contribution in [0.25, 0.3) is 28.5 Å². The molecule has 0 unspecified atom stereocenters. The molecular formula is C24H24FN7O2. The summed E-state index contributed by atoms with van der Waals surface area (Å²) in [5.74, 6) is 0.762. The minimum atomic E-state index is -0.451. The van der Waals surface area contributed by atoms with Gasteiger partial charge in [-0.05, 0) is 25.1 Å². The Labute approximate surface area is 195 Å². The van der Waals surface area contributed by atoms with Gasteiger partial charge in [0.25, 0.3) is 0 Å². The lowest BCUT2D eigenvalue weighted by atomic mass is 10.0. The summed E-state index contributed by atoms with van der Waals surface area (Å²) < 4.78 is 29.0. The fourth-order valence-electron chi connectivity index (χ4n) is 3.99. The third-order valence-electron chi connectivity index (χ3n) is 5.78. The number of rotatable bonds is 7. The van der Waals surface area contributed by atoms with Crippen molar-refractivity contribution in [2.45, 2.75) is 13.0 Å². The largest absolute Gasteiger partial charge is 0.490 e. The fourth-order valence-corrected chi connectivity index (χ4v) is 3.99. The minimum Gasteiger partial charge on any atom is -0.490 e. The van der Waals surface area contributed by atoms with E-state index < -0.39 is 5.82 Å². The number of nitrogens with zero attached hydrogens (tertiary/aromatic N) is 7. The molecule has 0 aromatic carbocycles. The highest BCUT2D eigenvalue weighted by Gasteiger charge is 2.26. The maximum absolute atomic E-state index is 14.9. The summed E-state index contributed by atoms with van der Waals surface area (Å²) in [5.41, 5.74) is 4.03. The molecule has 5 rings (SSSR count). The molecule has 0 fully saturated rings. The Morgan fingerprint density at radius 3 is 2.74 bits per heavy atom. The van der Waals surface area contributed by atoms with Crippen molar-refractivity contribution in [2.75, 3.05) is 20.3 Å². The van der Waals surface area contributed by atoms with Gasteiger partial charge in [-0.1, -0.05) is 6.58 Å². The molecule has 0 radical (unpaired) electrons. The molecule has 10 heteroatoms. The van der Waals surface area contributed by atoms with Crippen LogP contribution in [0.2, 0.25) is 0 Å². The van der Waals surface area contributed by atoms with Crippen LogP contribution in [0.15, 0.2) is 49.7 Å². The molecule has 0 N–H and O–H groups in total. The molecule has 5 heterocycles. The van der Waals surface area contributed by atoms with E-state index in [0.29, 0.717) is 30.4 Å². The van der Waals surface area contributed by atoms with E-state index in [1.807, 2.05) is 49.6 Å². The molecule has 0 saturated heterocycles. The summed E-state index contributed by atoms with van der Waals surface area (Å²) >= 11 is 0. The van der Waals surface area contributed by atoms with E-state index in [9.17, 15) is 4.39 Å². The zero-order valence-corrected chi connectivity index (χ0v) is 19.1. The van der Waals surface area contributed by atoms with Gasteiger partial charge in [0.05, 0.1) is 30.7 Å². The Morgan fingerprint density at radius 2 is 1.97 bits per heavy atom. The minimum absolute atomic E-state index is 0.164. The molecule has 0 saturated carbocycles. The molecule has 0 aliphatic carbocycles. The van der Waals surface area contributed by atoms with Crippen molar-refractivity contribution in [3.63, 3.8) is 0 Å². The number of halogens is 1. The number of pyridine rings is 2. The Bertz CT molecular complexity index is 1410. The number of ether oxygens (including phenoxy) is 2. The van der Waals surface area contributed by atoms with E-state index in [4.69, 9.17) is 9.47 Å². The Morgan fingerprint density at radius 1 is 1.12 bits per heavy atom. The molecule has 0 spiro atoms. The van der Waals surface area contributed by atoms with Gasteiger partial charge in [0.1, 0.15) is 12.4 Å². The van der Waals surface area contributed by atoms with Crippen molar-refractivity contribution in [1.82, 2.24) is 34.3 Å². The predicted molar refractivity (Wildman–Crippen MR) is 125 cm³/mol. The van der Waals surface area contributed by atoms with Crippen molar-refractivity contribution < 1.29 is 13.9 Å². The van der Waals surface area contributed by atoms with Gasteiger partial charge in [0.2, 0.25) is 0 Å². The summed E-state index contributed by atoms with van der Waals surface area (Å²) in [4.78, 5) is 6.45. The molecule has 4 aromatic heterocycles. The second-order valence-corrected chi connectivity index (χ2v) is 8.02. The Kier molecular flexibility index (Phi) is 5.58. The second-order valence-electron chi connectivity index (χ2n) is 8.02. The van der Waals surface area contributed by atoms with E-state index >= 15 is 0 Å². The van der Waals surface area contributed by atoms with Crippen molar-refractivity contribution in [1.29, 1.82) is 0 Å². The average molecular weight is 462 g/mol. The van der Waals surface area contributed by atoms with Crippen LogP contribution < -0.4 is 4.74 Å². The first-order chi connectivity index (χ1) is 16.5. The van der Waals surface area contributed by atoms with Crippen LogP contribution in [0, 0.1) is 5.82 Å². The van der Waals surface area contributed by atoms with Gasteiger partial charge in [-0.2, -0.15) is 5.10 Å². The maximum Gasteiger partial charge on any atom is 0.197 e. The average Bonchev–Trinajstić information content (AvgIpc) is 3.46. The van der Waals surface area contributed by atoms with Crippen molar-refractivity contribution in [3.8, 4) is 16.9 Å². The lowest BCUT2D eigenvalue weighted by Gasteiger charge is -2.32. The summed E-state index contributed by atoms with van der Waals surface area (Å²) in [5, 5.41) is 12.6. The van der Waals surface area contributed by atoms with Gasteiger partial charge in [0, 0.05) is 55.1 Å². The van der Waals surface area contributed by atoms with Crippen LogP contribution in [0.5, 0.6) is 5.75 Å². The summed E-state index contributed by atoms with van der Waals surface area (Å²) in [6.45, 7) is 7.16. The third kappa shape index (κ3) is 3.81. The zero-order chi connectivity index (χ0) is 23.8. The fraction of sp³-hybridized carbons (Fsp3) is 0.250. The summed E-state index contributed by atoms with van der Waals surface area (Å²) in [7, 11) is 3.44. The van der Waals surface area contributed by atoms with E-state index in [0.717, 1.165) is 22.5 Å². The van der Waals surface area contributed by atoms with Crippen LogP contribution in [-0.4, -0.2) is 54.6 Å². The SMILES string of the molecule is C=C1c2cc(OCCOC)cnc2C=CN1[C@@H](C)c1nnc2c(F)cc(-c3cnn(C)c3)cn12. The highest BCUT2D eigenvalue weighted by molar-refractivity contribution is 5.75. The molecular weight excluding hydrogens is 437 g/mol. The molecule has 4 aromatic rings. The lowest BCUT2D eigenvalue weighted by Crippen LogP contribution is -2.24. The third-order valence-corrected chi connectivity index (χ3v) is 5.78. The van der Waals surface area contributed by atoms with E-state index in [-0.39, 0.29) is 11.7 Å². The molecule has 9 nitrogen and oxygen atoms in total. The normalized spacial score (nSPS) is 14.0. The van der Waals surface area contributed by atoms with Crippen LogP contribution in [0.3, 0.4) is 0 Å². The Balaban J connectivity index is 1.48. The van der Waals surface area contributed by atoms with Crippen LogP contribution in [0.4, 0.5) is 4.39 Å². The first-order valence-corrected chi connectivity index (χ1v) is 10.8. The number of aromatic nitrogens is 6. The van der Waals surface area contributed by atoms with Crippen molar-refractivity contribution >= 4 is 17.4 Å². The summed E-state index contributed by atoms with van der Waals surface area (Å²) in [6.07, 6.45) is 10.8. The van der Waals surface area contributed by atoms with Crippen LogP contribution >= 0.6 is 0 Å². The molecule has 1 aliphatic heterocycles. The van der Waals surface area contributed by atoms with Crippen LogP contribution in [-0.2, 0) is 11.8 Å². The second kappa shape index (κ2) is 8.71. The van der Waals surface area contributed by atoms with Gasteiger partial charge in [-0.15, -0.1) is 10.2 Å². The quantitative estimate of drug-likeness (QED) is 0.388. The topological polar surface area (TPSA) is 82.6 Å². The standard InChI is InChI=1S/C24H24FN7O2/c1-15-20-10-19(34-8-7-33-4)12-26-22(20)5-6-31(15)16(2)23-28-29-24-21(25)9-17(14-32(23)24)18-11-27-30(3)13-18/h5-6,9-14,16H,1,7-8H2,2-4H3/t16-/m0/s1. The van der Waals surface area contributed by atoms with Crippen LogP contribution in [0.1, 0.15) is 30.0 Å². The maximum atomic E-state index is 14.9. The molecule has 174 valence electrons. The number of methoxy groups -OCH3 is 1. The smallest absolute Gasteiger partial charge is 0.197 e. The van der Waals surface area contributed by atoms with E-state index in [2.05, 4.69) is 26.9 Å². The molecule has 0 amide bonds. The predicted octanol–water partition coefficient (Wildman–Crippen LogP) is 3.71. The van der Waals surface area contributed by atoms with Gasteiger partial charge in [0.15, 0.2) is 17.3 Å².